The van der Waals surface area contributed by atoms with E-state index in [0.717, 1.165) is 39.3 Å². The smallest absolute Gasteiger partial charge is 0.317 e. The fourth-order valence-electron chi connectivity index (χ4n) is 3.59. The summed E-state index contributed by atoms with van der Waals surface area (Å²) >= 11 is 0. The second-order valence-corrected chi connectivity index (χ2v) is 6.58. The van der Waals surface area contributed by atoms with E-state index in [4.69, 9.17) is 0 Å². The third-order valence-corrected chi connectivity index (χ3v) is 5.38. The van der Waals surface area contributed by atoms with Crippen LogP contribution in [0.4, 0.5) is 4.79 Å². The Morgan fingerprint density at radius 3 is 2.36 bits per heavy atom. The Balaban J connectivity index is 1.54. The molecule has 0 bridgehead atoms. The van der Waals surface area contributed by atoms with Crippen molar-refractivity contribution in [2.75, 3.05) is 39.3 Å². The van der Waals surface area contributed by atoms with Gasteiger partial charge in [0.2, 0.25) is 0 Å². The van der Waals surface area contributed by atoms with Gasteiger partial charge in [0, 0.05) is 38.1 Å². The quantitative estimate of drug-likeness (QED) is 0.927. The van der Waals surface area contributed by atoms with E-state index in [1.54, 1.807) is 0 Å². The van der Waals surface area contributed by atoms with Gasteiger partial charge in [0.05, 0.1) is 0 Å². The summed E-state index contributed by atoms with van der Waals surface area (Å²) in [7, 11) is 0. The van der Waals surface area contributed by atoms with Crippen molar-refractivity contribution in [2.45, 2.75) is 31.6 Å². The highest BCUT2D eigenvalue weighted by atomic mass is 16.2. The van der Waals surface area contributed by atoms with Gasteiger partial charge in [-0.3, -0.25) is 0 Å². The molecule has 4 nitrogen and oxygen atoms in total. The van der Waals surface area contributed by atoms with Crippen LogP contribution in [0.5, 0.6) is 0 Å². The van der Waals surface area contributed by atoms with Gasteiger partial charge in [-0.2, -0.15) is 0 Å². The van der Waals surface area contributed by atoms with Gasteiger partial charge in [-0.25, -0.2) is 4.79 Å². The van der Waals surface area contributed by atoms with E-state index >= 15 is 0 Å². The van der Waals surface area contributed by atoms with Gasteiger partial charge in [-0.1, -0.05) is 43.7 Å². The van der Waals surface area contributed by atoms with Crippen LogP contribution < -0.4 is 5.32 Å². The zero-order valence-electron chi connectivity index (χ0n) is 13.6. The molecule has 1 aliphatic heterocycles. The first-order valence-electron chi connectivity index (χ1n) is 8.54. The maximum Gasteiger partial charge on any atom is 0.317 e. The Morgan fingerprint density at radius 1 is 1.14 bits per heavy atom. The Bertz CT molecular complexity index is 490. The summed E-state index contributed by atoms with van der Waals surface area (Å²) in [6.07, 6.45) is 3.63. The molecule has 0 atom stereocenters. The number of carbonyl (C=O) groups excluding carboxylic acids is 1. The molecule has 0 aromatic heterocycles. The Hall–Kier alpha value is -1.55. The van der Waals surface area contributed by atoms with Crippen molar-refractivity contribution >= 4 is 6.03 Å². The van der Waals surface area contributed by atoms with Crippen LogP contribution in [0, 0.1) is 0 Å². The summed E-state index contributed by atoms with van der Waals surface area (Å²) in [5, 5.41) is 3.19. The number of amides is 2. The number of rotatable bonds is 4. The van der Waals surface area contributed by atoms with Crippen molar-refractivity contribution in [3.8, 4) is 0 Å². The molecular weight excluding hydrogens is 274 g/mol. The van der Waals surface area contributed by atoms with Gasteiger partial charge in [0.15, 0.2) is 0 Å². The van der Waals surface area contributed by atoms with Crippen molar-refractivity contribution < 1.29 is 4.79 Å². The summed E-state index contributed by atoms with van der Waals surface area (Å²) in [6.45, 7) is 7.70. The molecular formula is C18H27N3O. The van der Waals surface area contributed by atoms with Crippen LogP contribution in [0.3, 0.4) is 0 Å². The third kappa shape index (κ3) is 3.12. The normalized spacial score (nSPS) is 21.2. The van der Waals surface area contributed by atoms with Crippen LogP contribution in [0.2, 0.25) is 0 Å². The van der Waals surface area contributed by atoms with Crippen LogP contribution in [0.25, 0.3) is 0 Å². The van der Waals surface area contributed by atoms with Gasteiger partial charge in [0.1, 0.15) is 0 Å². The predicted octanol–water partition coefficient (Wildman–Crippen LogP) is 2.46. The number of nitrogens with one attached hydrogen (secondary N) is 1. The number of hydrogen-bond donors (Lipinski definition) is 1. The van der Waals surface area contributed by atoms with E-state index in [1.807, 2.05) is 4.90 Å². The lowest BCUT2D eigenvalue weighted by molar-refractivity contribution is 0.138. The number of carbonyl (C=O) groups is 1. The minimum atomic E-state index is 0.109. The zero-order chi connectivity index (χ0) is 15.4. The number of benzene rings is 1. The first-order chi connectivity index (χ1) is 10.7. The second-order valence-electron chi connectivity index (χ2n) is 6.58. The van der Waals surface area contributed by atoms with Gasteiger partial charge in [-0.05, 0) is 24.9 Å². The molecule has 2 aliphatic rings. The molecule has 1 heterocycles. The Kier molecular flexibility index (Phi) is 4.67. The molecule has 1 saturated carbocycles. The highest BCUT2D eigenvalue weighted by Crippen LogP contribution is 2.43. The van der Waals surface area contributed by atoms with Crippen LogP contribution in [0.15, 0.2) is 30.3 Å². The van der Waals surface area contributed by atoms with E-state index in [1.165, 1.54) is 24.8 Å². The lowest BCUT2D eigenvalue weighted by atomic mass is 9.64. The zero-order valence-corrected chi connectivity index (χ0v) is 13.6. The first-order valence-corrected chi connectivity index (χ1v) is 8.54. The van der Waals surface area contributed by atoms with Crippen molar-refractivity contribution in [2.24, 2.45) is 0 Å². The van der Waals surface area contributed by atoms with Gasteiger partial charge < -0.3 is 15.1 Å². The molecule has 0 unspecified atom stereocenters. The minimum Gasteiger partial charge on any atom is -0.337 e. The van der Waals surface area contributed by atoms with E-state index in [0.29, 0.717) is 0 Å². The fourth-order valence-corrected chi connectivity index (χ4v) is 3.59. The first kappa shape index (κ1) is 15.3. The topological polar surface area (TPSA) is 35.6 Å². The molecule has 1 saturated heterocycles. The number of hydrogen-bond acceptors (Lipinski definition) is 2. The molecule has 1 aromatic rings. The van der Waals surface area contributed by atoms with E-state index in [2.05, 4.69) is 47.5 Å². The summed E-state index contributed by atoms with van der Waals surface area (Å²) in [4.78, 5) is 16.8. The molecule has 22 heavy (non-hydrogen) atoms. The number of nitrogens with zero attached hydrogens (tertiary/aromatic N) is 2. The summed E-state index contributed by atoms with van der Waals surface area (Å²) in [6, 6.07) is 10.8. The Morgan fingerprint density at radius 2 is 1.82 bits per heavy atom. The molecule has 120 valence electrons. The monoisotopic (exact) mass is 301 g/mol. The lowest BCUT2D eigenvalue weighted by Gasteiger charge is -2.43. The second kappa shape index (κ2) is 6.69. The van der Waals surface area contributed by atoms with Crippen molar-refractivity contribution in [3.05, 3.63) is 35.9 Å². The number of likely N-dealkylation sites (N-methyl/N-ethyl adjacent to an activating group) is 1. The van der Waals surface area contributed by atoms with Crippen molar-refractivity contribution in [1.29, 1.82) is 0 Å². The Labute approximate surface area is 133 Å². The number of piperazine rings is 1. The fraction of sp³-hybridized carbons (Fsp3) is 0.611. The molecule has 2 amide bonds. The summed E-state index contributed by atoms with van der Waals surface area (Å²) < 4.78 is 0. The minimum absolute atomic E-state index is 0.109. The van der Waals surface area contributed by atoms with Crippen LogP contribution >= 0.6 is 0 Å². The summed E-state index contributed by atoms with van der Waals surface area (Å²) in [5.74, 6) is 0. The molecule has 1 aliphatic carbocycles. The molecule has 1 aromatic carbocycles. The van der Waals surface area contributed by atoms with Gasteiger partial charge >= 0.3 is 6.03 Å². The van der Waals surface area contributed by atoms with Crippen molar-refractivity contribution in [1.82, 2.24) is 15.1 Å². The summed E-state index contributed by atoms with van der Waals surface area (Å²) in [5.41, 5.74) is 1.54. The predicted molar refractivity (Wildman–Crippen MR) is 89.1 cm³/mol. The van der Waals surface area contributed by atoms with Gasteiger partial charge in [-0.15, -0.1) is 0 Å². The largest absolute Gasteiger partial charge is 0.337 e. The maximum absolute atomic E-state index is 12.4. The van der Waals surface area contributed by atoms with Crippen LogP contribution in [-0.4, -0.2) is 55.1 Å². The van der Waals surface area contributed by atoms with E-state index < -0.39 is 0 Å². The van der Waals surface area contributed by atoms with Crippen LogP contribution in [-0.2, 0) is 5.41 Å². The van der Waals surface area contributed by atoms with E-state index in [-0.39, 0.29) is 11.4 Å². The molecule has 3 rings (SSSR count). The third-order valence-electron chi connectivity index (χ3n) is 5.38. The van der Waals surface area contributed by atoms with Gasteiger partial charge in [0.25, 0.3) is 0 Å². The average Bonchev–Trinajstić information content (AvgIpc) is 2.55. The molecule has 2 fully saturated rings. The standard InChI is InChI=1S/C18H27N3O/c1-2-20-11-13-21(14-12-20)17(22)19-15-18(9-6-10-18)16-7-4-3-5-8-16/h3-5,7-8H,2,6,9-15H2,1H3,(H,19,22). The molecule has 0 spiro atoms. The van der Waals surface area contributed by atoms with Crippen LogP contribution in [0.1, 0.15) is 31.7 Å². The lowest BCUT2D eigenvalue weighted by Crippen LogP contribution is -2.54. The van der Waals surface area contributed by atoms with Crippen molar-refractivity contribution in [3.63, 3.8) is 0 Å². The highest BCUT2D eigenvalue weighted by Gasteiger charge is 2.39. The highest BCUT2D eigenvalue weighted by molar-refractivity contribution is 5.74. The molecule has 0 radical (unpaired) electrons. The molecule has 4 heteroatoms. The average molecular weight is 301 g/mol. The molecule has 1 N–H and O–H groups in total. The maximum atomic E-state index is 12.4. The number of urea groups is 1. The SMILES string of the molecule is CCN1CCN(C(=O)NCC2(c3ccccc3)CCC2)CC1. The van der Waals surface area contributed by atoms with E-state index in [9.17, 15) is 4.79 Å².